The minimum atomic E-state index is -1.54. The molecule has 0 radical (unpaired) electrons. The lowest BCUT2D eigenvalue weighted by Crippen LogP contribution is -2.32. The molecule has 7 rings (SSSR count). The number of ether oxygens (including phenoxy) is 4. The first-order valence-corrected chi connectivity index (χ1v) is 16.3. The molecule has 9 nitrogen and oxygen atoms in total. The van der Waals surface area contributed by atoms with Crippen LogP contribution in [0.5, 0.6) is 17.2 Å². The van der Waals surface area contributed by atoms with Crippen LogP contribution >= 0.6 is 0 Å². The molecule has 13 heteroatoms. The number of benzene rings is 3. The molecule has 49 heavy (non-hydrogen) atoms. The fourth-order valence-electron chi connectivity index (χ4n) is 6.62. The molecule has 2 aromatic heterocycles. The molecule has 2 unspecified atom stereocenters. The van der Waals surface area contributed by atoms with E-state index >= 15 is 17.6 Å². The lowest BCUT2D eigenvalue weighted by molar-refractivity contribution is -0.143. The highest BCUT2D eigenvalue weighted by atomic mass is 19.2. The Labute approximate surface area is 279 Å². The Bertz CT molecular complexity index is 2040. The zero-order valence-electron chi connectivity index (χ0n) is 27.0. The van der Waals surface area contributed by atoms with Gasteiger partial charge in [-0.05, 0) is 69.7 Å². The van der Waals surface area contributed by atoms with Gasteiger partial charge in [0.05, 0.1) is 30.4 Å². The Balaban J connectivity index is 1.18. The van der Waals surface area contributed by atoms with Gasteiger partial charge in [-0.25, -0.2) is 22.8 Å². The zero-order valence-corrected chi connectivity index (χ0v) is 27.0. The third-order valence-corrected chi connectivity index (χ3v) is 9.29. The highest BCUT2D eigenvalue weighted by molar-refractivity contribution is 5.82. The van der Waals surface area contributed by atoms with Crippen molar-refractivity contribution in [3.63, 3.8) is 0 Å². The highest BCUT2D eigenvalue weighted by Crippen LogP contribution is 2.45. The average Bonchev–Trinajstić information content (AvgIpc) is 3.79. The molecular formula is C36H34F4N4O5. The zero-order chi connectivity index (χ0) is 34.3. The van der Waals surface area contributed by atoms with Crippen LogP contribution in [0.4, 0.5) is 17.6 Å². The topological polar surface area (TPSA) is 100 Å². The molecule has 1 N–H and O–H groups in total. The van der Waals surface area contributed by atoms with Crippen molar-refractivity contribution in [1.82, 2.24) is 19.7 Å². The number of aryl methyl sites for hydroxylation is 1. The highest BCUT2D eigenvalue weighted by Gasteiger charge is 2.38. The summed E-state index contributed by atoms with van der Waals surface area (Å²) in [6, 6.07) is 9.27. The molecule has 0 spiro atoms. The average molecular weight is 679 g/mol. The van der Waals surface area contributed by atoms with Crippen LogP contribution in [-0.2, 0) is 26.1 Å². The normalized spacial score (nSPS) is 19.0. The van der Waals surface area contributed by atoms with Gasteiger partial charge in [-0.3, -0.25) is 4.79 Å². The fourth-order valence-corrected chi connectivity index (χ4v) is 6.62. The fraction of sp³-hybridized carbons (Fsp3) is 0.361. The van der Waals surface area contributed by atoms with Crippen molar-refractivity contribution >= 4 is 16.9 Å². The van der Waals surface area contributed by atoms with E-state index in [2.05, 4.69) is 15.1 Å². The van der Waals surface area contributed by atoms with Gasteiger partial charge in [0.2, 0.25) is 11.6 Å². The maximum Gasteiger partial charge on any atom is 0.306 e. The van der Waals surface area contributed by atoms with E-state index in [1.165, 1.54) is 12.1 Å². The molecule has 0 bridgehead atoms. The number of nitrogens with one attached hydrogen (secondary N) is 1. The molecule has 3 aromatic carbocycles. The SMILES string of the molecule is CCOC(=O)CCc1cccc2c1OCCC2(C)c1cnc(-c2cc(Oc3c(F)c(F)c4c(cnn4C4CCCCO4)c3F)ccc2F)[nH]1. The van der Waals surface area contributed by atoms with Crippen LogP contribution in [0.25, 0.3) is 22.3 Å². The number of nitrogens with zero attached hydrogens (tertiary/aromatic N) is 3. The van der Waals surface area contributed by atoms with E-state index in [0.717, 1.165) is 40.9 Å². The molecule has 2 aliphatic heterocycles. The van der Waals surface area contributed by atoms with Crippen LogP contribution in [0.2, 0.25) is 0 Å². The first-order valence-electron chi connectivity index (χ1n) is 16.3. The Hall–Kier alpha value is -4.91. The molecule has 4 heterocycles. The second-order valence-corrected chi connectivity index (χ2v) is 12.4. The molecule has 2 aliphatic rings. The molecule has 1 fully saturated rings. The maximum absolute atomic E-state index is 15.7. The second-order valence-electron chi connectivity index (χ2n) is 12.4. The number of imidazole rings is 1. The molecule has 0 aliphatic carbocycles. The summed E-state index contributed by atoms with van der Waals surface area (Å²) in [6.07, 6.45) is 5.50. The Morgan fingerprint density at radius 2 is 1.94 bits per heavy atom. The number of para-hydroxylation sites is 1. The molecule has 0 amide bonds. The number of hydrogen-bond donors (Lipinski definition) is 1. The van der Waals surface area contributed by atoms with Crippen LogP contribution in [0.3, 0.4) is 0 Å². The van der Waals surface area contributed by atoms with Crippen molar-refractivity contribution in [3.8, 4) is 28.6 Å². The number of aromatic nitrogens is 4. The van der Waals surface area contributed by atoms with Crippen LogP contribution < -0.4 is 9.47 Å². The predicted octanol–water partition coefficient (Wildman–Crippen LogP) is 8.06. The summed E-state index contributed by atoms with van der Waals surface area (Å²) >= 11 is 0. The van der Waals surface area contributed by atoms with Crippen molar-refractivity contribution in [2.24, 2.45) is 0 Å². The van der Waals surface area contributed by atoms with Gasteiger partial charge in [0, 0.05) is 35.9 Å². The van der Waals surface area contributed by atoms with Crippen LogP contribution in [-0.4, -0.2) is 45.5 Å². The van der Waals surface area contributed by atoms with Gasteiger partial charge in [-0.15, -0.1) is 0 Å². The summed E-state index contributed by atoms with van der Waals surface area (Å²) in [5, 5.41) is 3.82. The molecule has 256 valence electrons. The lowest BCUT2D eigenvalue weighted by Gasteiger charge is -2.36. The van der Waals surface area contributed by atoms with E-state index in [1.807, 2.05) is 25.1 Å². The van der Waals surface area contributed by atoms with Crippen LogP contribution in [0.15, 0.2) is 48.8 Å². The number of rotatable bonds is 9. The van der Waals surface area contributed by atoms with Crippen LogP contribution in [0, 0.1) is 23.3 Å². The molecule has 1 saturated heterocycles. The van der Waals surface area contributed by atoms with Gasteiger partial charge in [0.15, 0.2) is 17.9 Å². The third-order valence-electron chi connectivity index (χ3n) is 9.29. The number of fused-ring (bicyclic) bond motifs is 2. The van der Waals surface area contributed by atoms with Crippen molar-refractivity contribution in [2.75, 3.05) is 19.8 Å². The standard InChI is InChI=1S/C36H34F4N4O5/c1-3-46-28(45)13-10-20-7-6-8-24-33(20)48-16-14-36(24,2)26-19-41-35(43-26)22-17-21(11-12-25(22)37)49-34-29(38)23-18-42-44(27-9-4-5-15-47-27)32(23)30(39)31(34)40/h6-8,11-12,17-19,27H,3-5,9-10,13-16H2,1-2H3,(H,41,43). The van der Waals surface area contributed by atoms with E-state index in [9.17, 15) is 4.79 Å². The summed E-state index contributed by atoms with van der Waals surface area (Å²) in [4.78, 5) is 19.7. The number of carbonyl (C=O) groups is 1. The van der Waals surface area contributed by atoms with Gasteiger partial charge < -0.3 is 23.9 Å². The maximum atomic E-state index is 15.7. The minimum absolute atomic E-state index is 0.0209. The summed E-state index contributed by atoms with van der Waals surface area (Å²) < 4.78 is 85.2. The number of aromatic amines is 1. The monoisotopic (exact) mass is 678 g/mol. The van der Waals surface area contributed by atoms with Crippen molar-refractivity contribution in [2.45, 2.75) is 64.0 Å². The number of halogens is 4. The van der Waals surface area contributed by atoms with E-state index in [-0.39, 0.29) is 40.4 Å². The third kappa shape index (κ3) is 5.90. The van der Waals surface area contributed by atoms with Gasteiger partial charge >= 0.3 is 5.97 Å². The summed E-state index contributed by atoms with van der Waals surface area (Å²) in [6.45, 7) is 4.93. The van der Waals surface area contributed by atoms with Gasteiger partial charge in [0.25, 0.3) is 0 Å². The predicted molar refractivity (Wildman–Crippen MR) is 170 cm³/mol. The Kier molecular flexibility index (Phi) is 8.78. The smallest absolute Gasteiger partial charge is 0.306 e. The van der Waals surface area contributed by atoms with Crippen molar-refractivity contribution in [3.05, 3.63) is 88.9 Å². The number of hydrogen-bond acceptors (Lipinski definition) is 7. The lowest BCUT2D eigenvalue weighted by atomic mass is 9.74. The van der Waals surface area contributed by atoms with E-state index < -0.39 is 40.7 Å². The largest absolute Gasteiger partial charge is 0.493 e. The van der Waals surface area contributed by atoms with Gasteiger partial charge in [-0.2, -0.15) is 9.49 Å². The first kappa shape index (κ1) is 32.6. The van der Waals surface area contributed by atoms with Gasteiger partial charge in [-0.1, -0.05) is 18.2 Å². The Morgan fingerprint density at radius 1 is 1.08 bits per heavy atom. The summed E-state index contributed by atoms with van der Waals surface area (Å²) in [7, 11) is 0. The van der Waals surface area contributed by atoms with Crippen molar-refractivity contribution in [1.29, 1.82) is 0 Å². The number of carbonyl (C=O) groups excluding carboxylic acids is 1. The molecule has 0 saturated carbocycles. The van der Waals surface area contributed by atoms with Crippen LogP contribution in [0.1, 0.15) is 69.0 Å². The van der Waals surface area contributed by atoms with E-state index in [1.54, 1.807) is 13.1 Å². The van der Waals surface area contributed by atoms with E-state index in [0.29, 0.717) is 50.5 Å². The molecular weight excluding hydrogens is 644 g/mol. The quantitative estimate of drug-likeness (QED) is 0.0957. The van der Waals surface area contributed by atoms with Gasteiger partial charge in [0.1, 0.15) is 28.7 Å². The summed E-state index contributed by atoms with van der Waals surface area (Å²) in [5.41, 5.74) is 1.46. The Morgan fingerprint density at radius 3 is 2.73 bits per heavy atom. The number of esters is 1. The molecule has 2 atom stereocenters. The second kappa shape index (κ2) is 13.2. The van der Waals surface area contributed by atoms with E-state index in [4.69, 9.17) is 18.9 Å². The first-order chi connectivity index (χ1) is 23.7. The minimum Gasteiger partial charge on any atom is -0.493 e. The number of H-pyrrole nitrogens is 1. The molecule has 5 aromatic rings. The van der Waals surface area contributed by atoms with Crippen molar-refractivity contribution < 1.29 is 41.3 Å². The summed E-state index contributed by atoms with van der Waals surface area (Å²) in [5.74, 6) is -5.24.